The molecule has 1 N–H and O–H groups in total. The Hall–Kier alpha value is -0.740. The molecule has 1 aromatic carbocycles. The highest BCUT2D eigenvalue weighted by Gasteiger charge is 2.21. The summed E-state index contributed by atoms with van der Waals surface area (Å²) in [6, 6.07) is 5.52. The van der Waals surface area contributed by atoms with Gasteiger partial charge in [-0.1, -0.05) is 40.9 Å². The highest BCUT2D eigenvalue weighted by Crippen LogP contribution is 2.31. The molecule has 20 heavy (non-hydrogen) atoms. The number of hydrogen-bond acceptors (Lipinski definition) is 2. The van der Waals surface area contributed by atoms with E-state index in [1.54, 1.807) is 6.20 Å². The van der Waals surface area contributed by atoms with Crippen LogP contribution in [0, 0.1) is 0 Å². The van der Waals surface area contributed by atoms with Crippen molar-refractivity contribution in [2.24, 2.45) is 0 Å². The molecule has 0 amide bonds. The van der Waals surface area contributed by atoms with E-state index in [-0.39, 0.29) is 6.04 Å². The lowest BCUT2D eigenvalue weighted by Crippen LogP contribution is -2.23. The third-order valence-electron chi connectivity index (χ3n) is 3.28. The maximum atomic E-state index is 6.25. The normalized spacial score (nSPS) is 12.7. The molecule has 0 spiro atoms. The second kappa shape index (κ2) is 6.81. The number of rotatable bonds is 5. The third-order valence-corrected chi connectivity index (χ3v) is 4.28. The molecule has 0 radical (unpaired) electrons. The molecule has 1 unspecified atom stereocenters. The molecular formula is C14H16Cl3N3. The van der Waals surface area contributed by atoms with Gasteiger partial charge in [-0.25, -0.2) is 0 Å². The number of benzene rings is 1. The fourth-order valence-corrected chi connectivity index (χ4v) is 3.06. The van der Waals surface area contributed by atoms with E-state index in [1.165, 1.54) is 0 Å². The SMILES string of the molecule is CCn1ncc(Cl)c1C(Cc1c(Cl)cccc1Cl)NC. The van der Waals surface area contributed by atoms with Gasteiger partial charge in [0.15, 0.2) is 0 Å². The summed E-state index contributed by atoms with van der Waals surface area (Å²) in [5, 5.41) is 9.50. The molecule has 1 heterocycles. The zero-order valence-corrected chi connectivity index (χ0v) is 13.6. The standard InChI is InChI=1S/C14H16Cl3N3/c1-3-20-14(12(17)8-19-20)13(18-2)7-9-10(15)5-4-6-11(9)16/h4-6,8,13,18H,3,7H2,1-2H3. The summed E-state index contributed by atoms with van der Waals surface area (Å²) in [5.74, 6) is 0. The molecule has 0 saturated carbocycles. The quantitative estimate of drug-likeness (QED) is 0.881. The van der Waals surface area contributed by atoms with E-state index in [9.17, 15) is 0 Å². The number of halogens is 3. The van der Waals surface area contributed by atoms with Gasteiger partial charge in [-0.05, 0) is 38.1 Å². The van der Waals surface area contributed by atoms with E-state index in [0.29, 0.717) is 21.5 Å². The van der Waals surface area contributed by atoms with Crippen LogP contribution in [0.15, 0.2) is 24.4 Å². The maximum absolute atomic E-state index is 6.25. The number of aryl methyl sites for hydroxylation is 1. The average molecular weight is 333 g/mol. The van der Waals surface area contributed by atoms with Crippen molar-refractivity contribution in [3.05, 3.63) is 50.7 Å². The molecule has 0 bridgehead atoms. The Morgan fingerprint density at radius 2 is 1.85 bits per heavy atom. The summed E-state index contributed by atoms with van der Waals surface area (Å²) in [4.78, 5) is 0. The lowest BCUT2D eigenvalue weighted by Gasteiger charge is -2.19. The van der Waals surface area contributed by atoms with E-state index in [2.05, 4.69) is 10.4 Å². The molecule has 108 valence electrons. The predicted molar refractivity (Wildman–Crippen MR) is 84.9 cm³/mol. The average Bonchev–Trinajstić information content (AvgIpc) is 2.80. The van der Waals surface area contributed by atoms with Crippen molar-refractivity contribution in [3.8, 4) is 0 Å². The monoisotopic (exact) mass is 331 g/mol. The van der Waals surface area contributed by atoms with Crippen LogP contribution < -0.4 is 5.32 Å². The van der Waals surface area contributed by atoms with Crippen LogP contribution in [-0.2, 0) is 13.0 Å². The molecule has 1 atom stereocenters. The molecular weight excluding hydrogens is 317 g/mol. The number of likely N-dealkylation sites (N-methyl/N-ethyl adjacent to an activating group) is 1. The number of nitrogens with one attached hydrogen (secondary N) is 1. The third kappa shape index (κ3) is 3.12. The van der Waals surface area contributed by atoms with Crippen LogP contribution in [0.1, 0.15) is 24.2 Å². The summed E-state index contributed by atoms with van der Waals surface area (Å²) in [5.41, 5.74) is 1.86. The second-order valence-corrected chi connectivity index (χ2v) is 5.66. The van der Waals surface area contributed by atoms with Crippen molar-refractivity contribution in [1.29, 1.82) is 0 Å². The fraction of sp³-hybridized carbons (Fsp3) is 0.357. The van der Waals surface area contributed by atoms with Crippen molar-refractivity contribution in [3.63, 3.8) is 0 Å². The van der Waals surface area contributed by atoms with E-state index in [0.717, 1.165) is 17.8 Å². The molecule has 0 aliphatic carbocycles. The minimum atomic E-state index is 0.00218. The van der Waals surface area contributed by atoms with Crippen molar-refractivity contribution < 1.29 is 0 Å². The van der Waals surface area contributed by atoms with Gasteiger partial charge in [0.1, 0.15) is 0 Å². The first kappa shape index (κ1) is 15.6. The van der Waals surface area contributed by atoms with Gasteiger partial charge in [0.25, 0.3) is 0 Å². The molecule has 2 rings (SSSR count). The Balaban J connectivity index is 2.36. The van der Waals surface area contributed by atoms with Gasteiger partial charge in [-0.15, -0.1) is 0 Å². The lowest BCUT2D eigenvalue weighted by atomic mass is 10.0. The van der Waals surface area contributed by atoms with Crippen LogP contribution in [-0.4, -0.2) is 16.8 Å². The smallest absolute Gasteiger partial charge is 0.0834 e. The summed E-state index contributed by atoms with van der Waals surface area (Å²) < 4.78 is 1.88. The first-order valence-corrected chi connectivity index (χ1v) is 7.53. The molecule has 2 aromatic rings. The van der Waals surface area contributed by atoms with Crippen LogP contribution in [0.2, 0.25) is 15.1 Å². The number of hydrogen-bond donors (Lipinski definition) is 1. The highest BCUT2D eigenvalue weighted by atomic mass is 35.5. The molecule has 0 fully saturated rings. The molecule has 0 saturated heterocycles. The van der Waals surface area contributed by atoms with E-state index in [4.69, 9.17) is 34.8 Å². The van der Waals surface area contributed by atoms with E-state index < -0.39 is 0 Å². The van der Waals surface area contributed by atoms with Gasteiger partial charge in [0.2, 0.25) is 0 Å². The van der Waals surface area contributed by atoms with Crippen molar-refractivity contribution in [1.82, 2.24) is 15.1 Å². The largest absolute Gasteiger partial charge is 0.311 e. The van der Waals surface area contributed by atoms with Crippen LogP contribution >= 0.6 is 34.8 Å². The Morgan fingerprint density at radius 3 is 2.40 bits per heavy atom. The predicted octanol–water partition coefficient (Wildman–Crippen LogP) is 4.37. The summed E-state index contributed by atoms with van der Waals surface area (Å²) >= 11 is 18.7. The van der Waals surface area contributed by atoms with Crippen molar-refractivity contribution in [2.75, 3.05) is 7.05 Å². The van der Waals surface area contributed by atoms with Gasteiger partial charge in [-0.3, -0.25) is 4.68 Å². The number of nitrogens with zero attached hydrogens (tertiary/aromatic N) is 2. The Labute approximate surface area is 133 Å². The van der Waals surface area contributed by atoms with Crippen molar-refractivity contribution in [2.45, 2.75) is 25.9 Å². The van der Waals surface area contributed by atoms with Gasteiger partial charge in [0.05, 0.1) is 23.0 Å². The Kier molecular flexibility index (Phi) is 5.33. The van der Waals surface area contributed by atoms with Crippen LogP contribution in [0.25, 0.3) is 0 Å². The zero-order valence-electron chi connectivity index (χ0n) is 11.3. The van der Waals surface area contributed by atoms with E-state index in [1.807, 2.05) is 36.9 Å². The number of aromatic nitrogens is 2. The maximum Gasteiger partial charge on any atom is 0.0834 e. The topological polar surface area (TPSA) is 29.9 Å². The first-order valence-electron chi connectivity index (χ1n) is 6.39. The first-order chi connectivity index (χ1) is 9.58. The summed E-state index contributed by atoms with van der Waals surface area (Å²) in [7, 11) is 1.89. The van der Waals surface area contributed by atoms with Crippen LogP contribution in [0.5, 0.6) is 0 Å². The minimum absolute atomic E-state index is 0.00218. The molecule has 1 aromatic heterocycles. The highest BCUT2D eigenvalue weighted by molar-refractivity contribution is 6.36. The van der Waals surface area contributed by atoms with Crippen molar-refractivity contribution >= 4 is 34.8 Å². The molecule has 0 aliphatic rings. The minimum Gasteiger partial charge on any atom is -0.311 e. The van der Waals surface area contributed by atoms with Crippen LogP contribution in [0.4, 0.5) is 0 Å². The summed E-state index contributed by atoms with van der Waals surface area (Å²) in [6.45, 7) is 2.79. The summed E-state index contributed by atoms with van der Waals surface area (Å²) in [6.07, 6.45) is 2.32. The Bertz CT molecular complexity index is 575. The fourth-order valence-electron chi connectivity index (χ4n) is 2.24. The Morgan fingerprint density at radius 1 is 1.20 bits per heavy atom. The van der Waals surface area contributed by atoms with Gasteiger partial charge >= 0.3 is 0 Å². The van der Waals surface area contributed by atoms with Gasteiger partial charge in [-0.2, -0.15) is 5.10 Å². The zero-order chi connectivity index (χ0) is 14.7. The second-order valence-electron chi connectivity index (χ2n) is 4.44. The molecule has 6 heteroatoms. The van der Waals surface area contributed by atoms with Crippen LogP contribution in [0.3, 0.4) is 0 Å². The van der Waals surface area contributed by atoms with Gasteiger partial charge in [0, 0.05) is 16.6 Å². The molecule has 0 aliphatic heterocycles. The van der Waals surface area contributed by atoms with E-state index >= 15 is 0 Å². The molecule has 3 nitrogen and oxygen atoms in total. The van der Waals surface area contributed by atoms with Gasteiger partial charge < -0.3 is 5.32 Å². The lowest BCUT2D eigenvalue weighted by molar-refractivity contribution is 0.514.